The minimum atomic E-state index is 0.413. The van der Waals surface area contributed by atoms with Gasteiger partial charge in [0.2, 0.25) is 0 Å². The van der Waals surface area contributed by atoms with Crippen LogP contribution in [0.3, 0.4) is 0 Å². The van der Waals surface area contributed by atoms with Crippen LogP contribution in [0.4, 0.5) is 0 Å². The second kappa shape index (κ2) is 4.70. The molecule has 0 spiro atoms. The zero-order chi connectivity index (χ0) is 10.0. The molecule has 1 rings (SSSR count). The first-order chi connectivity index (χ1) is 6.11. The molecule has 0 N–H and O–H groups in total. The van der Waals surface area contributed by atoms with E-state index in [0.717, 1.165) is 12.3 Å². The first kappa shape index (κ1) is 11.4. The molecule has 1 heterocycles. The fourth-order valence-corrected chi connectivity index (χ4v) is 3.15. The second-order valence-corrected chi connectivity index (χ2v) is 5.20. The van der Waals surface area contributed by atoms with Crippen molar-refractivity contribution in [3.8, 4) is 0 Å². The quantitative estimate of drug-likeness (QED) is 0.679. The highest BCUT2D eigenvalue weighted by Crippen LogP contribution is 2.39. The standard InChI is InChI=1S/C11H22OS/c1-6-10-8(3)7(2)9(4)11(12-10)13-5/h7-11H,6H2,1-5H3/t7-,8+,9?,10?,11-/m0/s1. The molecule has 0 aromatic carbocycles. The van der Waals surface area contributed by atoms with E-state index in [9.17, 15) is 0 Å². The molecular weight excluding hydrogens is 180 g/mol. The Bertz CT molecular complexity index is 140. The van der Waals surface area contributed by atoms with Gasteiger partial charge in [0.25, 0.3) is 0 Å². The summed E-state index contributed by atoms with van der Waals surface area (Å²) in [7, 11) is 0. The van der Waals surface area contributed by atoms with Gasteiger partial charge in [0, 0.05) is 0 Å². The molecule has 0 saturated carbocycles. The Kier molecular flexibility index (Phi) is 4.11. The van der Waals surface area contributed by atoms with Crippen LogP contribution in [-0.2, 0) is 4.74 Å². The van der Waals surface area contributed by atoms with Crippen molar-refractivity contribution in [2.24, 2.45) is 17.8 Å². The predicted molar refractivity (Wildman–Crippen MR) is 60.0 cm³/mol. The molecule has 0 aromatic heterocycles. The third-order valence-corrected chi connectivity index (χ3v) is 4.62. The van der Waals surface area contributed by atoms with Crippen molar-refractivity contribution in [1.82, 2.24) is 0 Å². The van der Waals surface area contributed by atoms with Crippen LogP contribution < -0.4 is 0 Å². The number of rotatable bonds is 2. The van der Waals surface area contributed by atoms with E-state index in [1.165, 1.54) is 0 Å². The first-order valence-corrected chi connectivity index (χ1v) is 6.58. The topological polar surface area (TPSA) is 9.23 Å². The molecular formula is C11H22OS. The molecule has 1 fully saturated rings. The van der Waals surface area contributed by atoms with Gasteiger partial charge in [-0.25, -0.2) is 0 Å². The lowest BCUT2D eigenvalue weighted by molar-refractivity contribution is -0.0943. The summed E-state index contributed by atoms with van der Waals surface area (Å²) < 4.78 is 6.04. The van der Waals surface area contributed by atoms with E-state index in [4.69, 9.17) is 4.74 Å². The summed E-state index contributed by atoms with van der Waals surface area (Å²) in [6.07, 6.45) is 3.77. The normalized spacial score (nSPS) is 46.4. The van der Waals surface area contributed by atoms with Crippen LogP contribution >= 0.6 is 11.8 Å². The third kappa shape index (κ3) is 2.21. The Labute approximate surface area is 86.6 Å². The Hall–Kier alpha value is 0.310. The monoisotopic (exact) mass is 202 g/mol. The van der Waals surface area contributed by atoms with E-state index in [-0.39, 0.29) is 0 Å². The summed E-state index contributed by atoms with van der Waals surface area (Å²) >= 11 is 1.86. The summed E-state index contributed by atoms with van der Waals surface area (Å²) in [5, 5.41) is 0. The molecule has 13 heavy (non-hydrogen) atoms. The fraction of sp³-hybridized carbons (Fsp3) is 1.00. The third-order valence-electron chi connectivity index (χ3n) is 3.62. The van der Waals surface area contributed by atoms with Crippen LogP contribution in [-0.4, -0.2) is 17.8 Å². The number of hydrogen-bond donors (Lipinski definition) is 0. The van der Waals surface area contributed by atoms with Gasteiger partial charge in [-0.1, -0.05) is 27.7 Å². The smallest absolute Gasteiger partial charge is 0.106 e. The van der Waals surface area contributed by atoms with Gasteiger partial charge in [-0.2, -0.15) is 0 Å². The molecule has 1 saturated heterocycles. The van der Waals surface area contributed by atoms with Crippen LogP contribution in [0.15, 0.2) is 0 Å². The highest BCUT2D eigenvalue weighted by Gasteiger charge is 2.37. The molecule has 1 aliphatic heterocycles. The Morgan fingerprint density at radius 3 is 2.15 bits per heavy atom. The summed E-state index contributed by atoms with van der Waals surface area (Å²) in [4.78, 5) is 0. The fourth-order valence-electron chi connectivity index (χ4n) is 2.22. The van der Waals surface area contributed by atoms with Gasteiger partial charge in [-0.15, -0.1) is 11.8 Å². The molecule has 2 unspecified atom stereocenters. The van der Waals surface area contributed by atoms with E-state index in [1.807, 2.05) is 11.8 Å². The van der Waals surface area contributed by atoms with E-state index >= 15 is 0 Å². The second-order valence-electron chi connectivity index (χ2n) is 4.26. The maximum absolute atomic E-state index is 6.04. The summed E-state index contributed by atoms with van der Waals surface area (Å²) in [5.74, 6) is 2.19. The number of thioether (sulfide) groups is 1. The van der Waals surface area contributed by atoms with Gasteiger partial charge in [-0.3, -0.25) is 0 Å². The largest absolute Gasteiger partial charge is 0.364 e. The SMILES string of the molecule is CCC1O[C@@H](SC)C(C)[C@@H](C)[C@H]1C. The number of ether oxygens (including phenoxy) is 1. The van der Waals surface area contributed by atoms with Gasteiger partial charge in [0.15, 0.2) is 0 Å². The highest BCUT2D eigenvalue weighted by molar-refractivity contribution is 7.99. The van der Waals surface area contributed by atoms with Crippen molar-refractivity contribution in [2.75, 3.05) is 6.26 Å². The molecule has 0 radical (unpaired) electrons. The van der Waals surface area contributed by atoms with Crippen molar-refractivity contribution < 1.29 is 4.74 Å². The van der Waals surface area contributed by atoms with E-state index in [2.05, 4.69) is 34.0 Å². The number of hydrogen-bond acceptors (Lipinski definition) is 2. The molecule has 0 amide bonds. The van der Waals surface area contributed by atoms with Gasteiger partial charge in [0.05, 0.1) is 6.10 Å². The maximum atomic E-state index is 6.04. The van der Waals surface area contributed by atoms with Crippen molar-refractivity contribution in [1.29, 1.82) is 0 Å². The average Bonchev–Trinajstić information content (AvgIpc) is 2.15. The van der Waals surface area contributed by atoms with Crippen LogP contribution in [0.1, 0.15) is 34.1 Å². The van der Waals surface area contributed by atoms with Crippen LogP contribution in [0, 0.1) is 17.8 Å². The lowest BCUT2D eigenvalue weighted by Crippen LogP contribution is -2.42. The molecule has 0 aliphatic carbocycles. The predicted octanol–water partition coefficient (Wildman–Crippen LogP) is 3.39. The Morgan fingerprint density at radius 2 is 1.69 bits per heavy atom. The van der Waals surface area contributed by atoms with Gasteiger partial charge < -0.3 is 4.74 Å². The van der Waals surface area contributed by atoms with Crippen molar-refractivity contribution >= 4 is 11.8 Å². The molecule has 78 valence electrons. The lowest BCUT2D eigenvalue weighted by Gasteiger charge is -2.43. The molecule has 0 aromatic rings. The first-order valence-electron chi connectivity index (χ1n) is 5.30. The van der Waals surface area contributed by atoms with Crippen LogP contribution in [0.2, 0.25) is 0 Å². The zero-order valence-electron chi connectivity index (χ0n) is 9.41. The zero-order valence-corrected chi connectivity index (χ0v) is 10.2. The van der Waals surface area contributed by atoms with Crippen molar-refractivity contribution in [3.05, 3.63) is 0 Å². The summed E-state index contributed by atoms with van der Waals surface area (Å²) in [6.45, 7) is 9.23. The van der Waals surface area contributed by atoms with Gasteiger partial charge in [0.1, 0.15) is 5.44 Å². The van der Waals surface area contributed by atoms with E-state index in [1.54, 1.807) is 0 Å². The average molecular weight is 202 g/mol. The molecule has 2 heteroatoms. The molecule has 1 nitrogen and oxygen atoms in total. The Morgan fingerprint density at radius 1 is 1.08 bits per heavy atom. The Balaban J connectivity index is 2.66. The van der Waals surface area contributed by atoms with E-state index < -0.39 is 0 Å². The van der Waals surface area contributed by atoms with Crippen molar-refractivity contribution in [3.63, 3.8) is 0 Å². The lowest BCUT2D eigenvalue weighted by atomic mass is 9.79. The van der Waals surface area contributed by atoms with Gasteiger partial charge >= 0.3 is 0 Å². The highest BCUT2D eigenvalue weighted by atomic mass is 32.2. The van der Waals surface area contributed by atoms with Crippen LogP contribution in [0.5, 0.6) is 0 Å². The molecule has 0 bridgehead atoms. The van der Waals surface area contributed by atoms with E-state index in [0.29, 0.717) is 23.4 Å². The molecule has 5 atom stereocenters. The van der Waals surface area contributed by atoms with Gasteiger partial charge in [-0.05, 0) is 30.4 Å². The summed E-state index contributed by atoms with van der Waals surface area (Å²) in [5.41, 5.74) is 0.413. The van der Waals surface area contributed by atoms with Crippen molar-refractivity contribution in [2.45, 2.75) is 45.7 Å². The minimum Gasteiger partial charge on any atom is -0.364 e. The van der Waals surface area contributed by atoms with Crippen LogP contribution in [0.25, 0.3) is 0 Å². The summed E-state index contributed by atoms with van der Waals surface area (Å²) in [6, 6.07) is 0. The maximum Gasteiger partial charge on any atom is 0.106 e. The molecule has 1 aliphatic rings. The minimum absolute atomic E-state index is 0.413.